The summed E-state index contributed by atoms with van der Waals surface area (Å²) >= 11 is 0. The van der Waals surface area contributed by atoms with E-state index in [9.17, 15) is 14.7 Å². The number of nitrogens with zero attached hydrogens (tertiary/aromatic N) is 2. The Morgan fingerprint density at radius 1 is 1.69 bits per heavy atom. The number of carbonyl (C=O) groups excluding carboxylic acids is 2. The minimum atomic E-state index is -0.534. The van der Waals surface area contributed by atoms with Crippen molar-refractivity contribution in [3.05, 3.63) is 0 Å². The smallest absolute Gasteiger partial charge is 0.227 e. The number of aliphatic hydroxyl groups is 1. The van der Waals surface area contributed by atoms with Crippen LogP contribution >= 0.6 is 0 Å². The molecule has 0 spiro atoms. The van der Waals surface area contributed by atoms with Gasteiger partial charge >= 0.3 is 0 Å². The van der Waals surface area contributed by atoms with E-state index in [2.05, 4.69) is 0 Å². The van der Waals surface area contributed by atoms with E-state index in [-0.39, 0.29) is 17.7 Å². The zero-order valence-electron chi connectivity index (χ0n) is 10.1. The second-order valence-electron chi connectivity index (χ2n) is 4.40. The molecule has 0 aromatic rings. The summed E-state index contributed by atoms with van der Waals surface area (Å²) in [6.45, 7) is 5.03. The number of rotatable bonds is 4. The highest BCUT2D eigenvalue weighted by Gasteiger charge is 2.34. The summed E-state index contributed by atoms with van der Waals surface area (Å²) in [6, 6.07) is 0. The van der Waals surface area contributed by atoms with Crippen LogP contribution < -0.4 is 0 Å². The molecule has 2 amide bonds. The van der Waals surface area contributed by atoms with Crippen molar-refractivity contribution in [3.63, 3.8) is 0 Å². The predicted octanol–water partition coefficient (Wildman–Crippen LogP) is -0.306. The van der Waals surface area contributed by atoms with Crippen molar-refractivity contribution < 1.29 is 14.7 Å². The summed E-state index contributed by atoms with van der Waals surface area (Å²) in [7, 11) is 1.66. The molecule has 0 radical (unpaired) electrons. The molecule has 1 saturated heterocycles. The summed E-state index contributed by atoms with van der Waals surface area (Å²) in [5.41, 5.74) is 0. The molecule has 0 aliphatic carbocycles. The zero-order valence-corrected chi connectivity index (χ0v) is 10.1. The minimum Gasteiger partial charge on any atom is -0.392 e. The first-order valence-electron chi connectivity index (χ1n) is 5.66. The van der Waals surface area contributed by atoms with Crippen molar-refractivity contribution in [2.45, 2.75) is 26.4 Å². The Hall–Kier alpha value is -1.10. The summed E-state index contributed by atoms with van der Waals surface area (Å²) in [4.78, 5) is 26.6. The first-order valence-corrected chi connectivity index (χ1v) is 5.66. The molecule has 2 unspecified atom stereocenters. The van der Waals surface area contributed by atoms with Crippen LogP contribution in [0.2, 0.25) is 0 Å². The maximum atomic E-state index is 11.9. The fourth-order valence-corrected chi connectivity index (χ4v) is 2.04. The SMILES string of the molecule is CCN1CC(C(=O)N(C)CC(C)O)CC1=O. The lowest BCUT2D eigenvalue weighted by molar-refractivity contribution is -0.135. The molecule has 5 heteroatoms. The van der Waals surface area contributed by atoms with Gasteiger partial charge in [0.2, 0.25) is 11.8 Å². The molecule has 2 atom stereocenters. The van der Waals surface area contributed by atoms with E-state index in [1.807, 2.05) is 6.92 Å². The summed E-state index contributed by atoms with van der Waals surface area (Å²) in [6.07, 6.45) is -0.232. The first-order chi connectivity index (χ1) is 7.45. The fraction of sp³-hybridized carbons (Fsp3) is 0.818. The number of aliphatic hydroxyl groups excluding tert-OH is 1. The molecule has 1 aliphatic heterocycles. The molecule has 0 aromatic carbocycles. The Balaban J connectivity index is 2.53. The van der Waals surface area contributed by atoms with Gasteiger partial charge in [0.25, 0.3) is 0 Å². The monoisotopic (exact) mass is 228 g/mol. The minimum absolute atomic E-state index is 0.0475. The van der Waals surface area contributed by atoms with Crippen LogP contribution in [-0.4, -0.2) is 59.5 Å². The van der Waals surface area contributed by atoms with Crippen LogP contribution in [0.5, 0.6) is 0 Å². The number of likely N-dealkylation sites (tertiary alicyclic amines) is 1. The van der Waals surface area contributed by atoms with Crippen LogP contribution in [0.15, 0.2) is 0 Å². The third kappa shape index (κ3) is 2.95. The summed E-state index contributed by atoms with van der Waals surface area (Å²) < 4.78 is 0. The van der Waals surface area contributed by atoms with Gasteiger partial charge in [0.15, 0.2) is 0 Å². The van der Waals surface area contributed by atoms with E-state index in [1.54, 1.807) is 18.9 Å². The van der Waals surface area contributed by atoms with E-state index >= 15 is 0 Å². The van der Waals surface area contributed by atoms with Gasteiger partial charge in [-0.15, -0.1) is 0 Å². The van der Waals surface area contributed by atoms with E-state index in [4.69, 9.17) is 0 Å². The van der Waals surface area contributed by atoms with Crippen LogP contribution in [0.4, 0.5) is 0 Å². The quantitative estimate of drug-likeness (QED) is 0.718. The van der Waals surface area contributed by atoms with Crippen molar-refractivity contribution >= 4 is 11.8 Å². The molecule has 1 heterocycles. The van der Waals surface area contributed by atoms with Crippen molar-refractivity contribution in [2.75, 3.05) is 26.7 Å². The molecule has 0 bridgehead atoms. The van der Waals surface area contributed by atoms with E-state index < -0.39 is 6.10 Å². The van der Waals surface area contributed by atoms with Gasteiger partial charge in [-0.05, 0) is 13.8 Å². The number of likely N-dealkylation sites (N-methyl/N-ethyl adjacent to an activating group) is 1. The topological polar surface area (TPSA) is 60.9 Å². The predicted molar refractivity (Wildman–Crippen MR) is 59.7 cm³/mol. The highest BCUT2D eigenvalue weighted by molar-refractivity contribution is 5.89. The third-order valence-corrected chi connectivity index (χ3v) is 2.86. The summed E-state index contributed by atoms with van der Waals surface area (Å²) in [5, 5.41) is 9.19. The second-order valence-corrected chi connectivity index (χ2v) is 4.40. The van der Waals surface area contributed by atoms with Gasteiger partial charge in [0.05, 0.1) is 12.0 Å². The lowest BCUT2D eigenvalue weighted by Gasteiger charge is -2.22. The average molecular weight is 228 g/mol. The van der Waals surface area contributed by atoms with Crippen molar-refractivity contribution in [3.8, 4) is 0 Å². The zero-order chi connectivity index (χ0) is 12.3. The number of hydrogen-bond acceptors (Lipinski definition) is 3. The Kier molecular flexibility index (Phi) is 4.29. The molecule has 0 aromatic heterocycles. The third-order valence-electron chi connectivity index (χ3n) is 2.86. The molecule has 1 rings (SSSR count). The first kappa shape index (κ1) is 13.0. The van der Waals surface area contributed by atoms with Gasteiger partial charge in [-0.25, -0.2) is 0 Å². The van der Waals surface area contributed by atoms with Crippen molar-refractivity contribution in [1.82, 2.24) is 9.80 Å². The molecular weight excluding hydrogens is 208 g/mol. The molecule has 1 N–H and O–H groups in total. The van der Waals surface area contributed by atoms with Gasteiger partial charge < -0.3 is 14.9 Å². The van der Waals surface area contributed by atoms with E-state index in [0.29, 0.717) is 26.1 Å². The molecule has 0 saturated carbocycles. The van der Waals surface area contributed by atoms with Gasteiger partial charge in [-0.2, -0.15) is 0 Å². The Labute approximate surface area is 96.0 Å². The number of hydrogen-bond donors (Lipinski definition) is 1. The molecule has 1 fully saturated rings. The van der Waals surface area contributed by atoms with E-state index in [0.717, 1.165) is 0 Å². The second kappa shape index (κ2) is 5.30. The van der Waals surface area contributed by atoms with Gasteiger partial charge in [0.1, 0.15) is 0 Å². The largest absolute Gasteiger partial charge is 0.392 e. The highest BCUT2D eigenvalue weighted by atomic mass is 16.3. The van der Waals surface area contributed by atoms with Crippen LogP contribution in [-0.2, 0) is 9.59 Å². The molecule has 92 valence electrons. The lowest BCUT2D eigenvalue weighted by atomic mass is 10.1. The Morgan fingerprint density at radius 2 is 2.31 bits per heavy atom. The number of carbonyl (C=O) groups is 2. The average Bonchev–Trinajstić information content (AvgIpc) is 2.57. The standard InChI is InChI=1S/C11H20N2O3/c1-4-13-7-9(5-10(13)15)11(16)12(3)6-8(2)14/h8-9,14H,4-7H2,1-3H3. The van der Waals surface area contributed by atoms with Crippen LogP contribution in [0.3, 0.4) is 0 Å². The van der Waals surface area contributed by atoms with Crippen molar-refractivity contribution in [1.29, 1.82) is 0 Å². The summed E-state index contributed by atoms with van der Waals surface area (Å²) in [5.74, 6) is -0.243. The molecular formula is C11H20N2O3. The van der Waals surface area contributed by atoms with E-state index in [1.165, 1.54) is 4.90 Å². The number of amides is 2. The highest BCUT2D eigenvalue weighted by Crippen LogP contribution is 2.19. The maximum Gasteiger partial charge on any atom is 0.227 e. The van der Waals surface area contributed by atoms with Crippen molar-refractivity contribution in [2.24, 2.45) is 5.92 Å². The fourth-order valence-electron chi connectivity index (χ4n) is 2.04. The van der Waals surface area contributed by atoms with Crippen LogP contribution in [0.25, 0.3) is 0 Å². The van der Waals surface area contributed by atoms with Gasteiger partial charge in [-0.1, -0.05) is 0 Å². The molecule has 16 heavy (non-hydrogen) atoms. The Morgan fingerprint density at radius 3 is 2.75 bits per heavy atom. The normalized spacial score (nSPS) is 22.4. The van der Waals surface area contributed by atoms with Crippen LogP contribution in [0, 0.1) is 5.92 Å². The molecule has 1 aliphatic rings. The van der Waals surface area contributed by atoms with Crippen LogP contribution in [0.1, 0.15) is 20.3 Å². The van der Waals surface area contributed by atoms with Gasteiger partial charge in [-0.3, -0.25) is 9.59 Å². The molecule has 5 nitrogen and oxygen atoms in total. The van der Waals surface area contributed by atoms with Gasteiger partial charge in [0, 0.05) is 33.1 Å². The Bertz CT molecular complexity index is 278. The maximum absolute atomic E-state index is 11.9. The lowest BCUT2D eigenvalue weighted by Crippen LogP contribution is -2.38.